The number of nitrogens with one attached hydrogen (secondary N) is 2. The van der Waals surface area contributed by atoms with Crippen LogP contribution in [0.2, 0.25) is 0 Å². The van der Waals surface area contributed by atoms with Gasteiger partial charge in [-0.3, -0.25) is 10.1 Å². The van der Waals surface area contributed by atoms with Gasteiger partial charge in [-0.1, -0.05) is 0 Å². The quantitative estimate of drug-likeness (QED) is 0.605. The maximum atomic E-state index is 10.7. The van der Waals surface area contributed by atoms with E-state index in [4.69, 9.17) is 5.11 Å². The standard InChI is InChI=1S/C7H8N2O2S/c10-7(11)5-4-1-2-12-6(4)9-3-8-5/h1-2,5,8-9H,3H2,(H,10,11). The van der Waals surface area contributed by atoms with Crippen LogP contribution in [0, 0.1) is 0 Å². The lowest BCUT2D eigenvalue weighted by Gasteiger charge is -2.21. The molecule has 0 radical (unpaired) electrons. The summed E-state index contributed by atoms with van der Waals surface area (Å²) < 4.78 is 0. The van der Waals surface area contributed by atoms with E-state index >= 15 is 0 Å². The van der Waals surface area contributed by atoms with Crippen LogP contribution < -0.4 is 10.6 Å². The number of rotatable bonds is 1. The molecule has 12 heavy (non-hydrogen) atoms. The molecule has 0 aromatic carbocycles. The zero-order chi connectivity index (χ0) is 8.55. The van der Waals surface area contributed by atoms with Crippen molar-refractivity contribution >= 4 is 22.3 Å². The largest absolute Gasteiger partial charge is 0.480 e. The van der Waals surface area contributed by atoms with Gasteiger partial charge in [-0.15, -0.1) is 11.3 Å². The normalized spacial score (nSPS) is 21.2. The zero-order valence-corrected chi connectivity index (χ0v) is 7.02. The van der Waals surface area contributed by atoms with Crippen LogP contribution in [-0.2, 0) is 4.79 Å². The van der Waals surface area contributed by atoms with Crippen LogP contribution in [0.25, 0.3) is 0 Å². The van der Waals surface area contributed by atoms with E-state index in [0.717, 1.165) is 10.6 Å². The number of anilines is 1. The third-order valence-electron chi connectivity index (χ3n) is 1.81. The maximum Gasteiger partial charge on any atom is 0.325 e. The van der Waals surface area contributed by atoms with Crippen LogP contribution in [0.4, 0.5) is 5.00 Å². The second-order valence-electron chi connectivity index (χ2n) is 2.53. The molecule has 0 amide bonds. The van der Waals surface area contributed by atoms with Gasteiger partial charge in [0.2, 0.25) is 0 Å². The number of hydrogen-bond donors (Lipinski definition) is 3. The fourth-order valence-electron chi connectivity index (χ4n) is 1.25. The first-order chi connectivity index (χ1) is 5.79. The molecule has 1 aliphatic heterocycles. The average Bonchev–Trinajstić information content (AvgIpc) is 2.49. The van der Waals surface area contributed by atoms with Crippen molar-refractivity contribution in [2.75, 3.05) is 12.0 Å². The Kier molecular flexibility index (Phi) is 1.74. The SMILES string of the molecule is O=C(O)C1NCNc2sccc21. The van der Waals surface area contributed by atoms with Gasteiger partial charge in [0.25, 0.3) is 0 Å². The molecular formula is C7H8N2O2S. The number of thiophene rings is 1. The minimum atomic E-state index is -0.823. The summed E-state index contributed by atoms with van der Waals surface area (Å²) in [5.41, 5.74) is 0.832. The van der Waals surface area contributed by atoms with Crippen molar-refractivity contribution in [3.8, 4) is 0 Å². The molecule has 0 spiro atoms. The lowest BCUT2D eigenvalue weighted by molar-refractivity contribution is -0.139. The number of carboxylic acids is 1. The van der Waals surface area contributed by atoms with Crippen LogP contribution >= 0.6 is 11.3 Å². The van der Waals surface area contributed by atoms with Crippen molar-refractivity contribution in [1.82, 2.24) is 5.32 Å². The Bertz CT molecular complexity index is 310. The van der Waals surface area contributed by atoms with Crippen molar-refractivity contribution in [1.29, 1.82) is 0 Å². The van der Waals surface area contributed by atoms with Gasteiger partial charge in [0.1, 0.15) is 6.04 Å². The second-order valence-corrected chi connectivity index (χ2v) is 3.45. The Morgan fingerprint density at radius 2 is 2.58 bits per heavy atom. The lowest BCUT2D eigenvalue weighted by Crippen LogP contribution is -2.36. The number of hydrogen-bond acceptors (Lipinski definition) is 4. The molecular weight excluding hydrogens is 176 g/mol. The summed E-state index contributed by atoms with van der Waals surface area (Å²) in [6, 6.07) is 1.28. The highest BCUT2D eigenvalue weighted by Crippen LogP contribution is 2.31. The molecule has 1 aromatic heterocycles. The Labute approximate surface area is 73.2 Å². The molecule has 0 saturated heterocycles. The predicted molar refractivity (Wildman–Crippen MR) is 46.3 cm³/mol. The monoisotopic (exact) mass is 184 g/mol. The molecule has 2 rings (SSSR count). The summed E-state index contributed by atoms with van der Waals surface area (Å²) >= 11 is 1.53. The first-order valence-electron chi connectivity index (χ1n) is 3.56. The number of carbonyl (C=O) groups is 1. The van der Waals surface area contributed by atoms with Gasteiger partial charge in [0, 0.05) is 5.56 Å². The lowest BCUT2D eigenvalue weighted by atomic mass is 10.1. The molecule has 0 aliphatic carbocycles. The average molecular weight is 184 g/mol. The topological polar surface area (TPSA) is 61.4 Å². The molecule has 0 fully saturated rings. The third kappa shape index (κ3) is 1.07. The summed E-state index contributed by atoms with van der Waals surface area (Å²) in [6.45, 7) is 0.518. The van der Waals surface area contributed by atoms with Crippen molar-refractivity contribution in [3.63, 3.8) is 0 Å². The van der Waals surface area contributed by atoms with Gasteiger partial charge in [-0.05, 0) is 11.4 Å². The van der Waals surface area contributed by atoms with Crippen LogP contribution in [0.3, 0.4) is 0 Å². The molecule has 2 heterocycles. The molecule has 64 valence electrons. The molecule has 0 bridgehead atoms. The van der Waals surface area contributed by atoms with E-state index in [1.54, 1.807) is 0 Å². The van der Waals surface area contributed by atoms with E-state index in [1.165, 1.54) is 11.3 Å². The van der Waals surface area contributed by atoms with Crippen molar-refractivity contribution in [2.45, 2.75) is 6.04 Å². The molecule has 1 aliphatic rings. The Morgan fingerprint density at radius 3 is 3.33 bits per heavy atom. The summed E-state index contributed by atoms with van der Waals surface area (Å²) in [6.07, 6.45) is 0. The van der Waals surface area contributed by atoms with Crippen LogP contribution in [0.15, 0.2) is 11.4 Å². The Balaban J connectivity index is 2.37. The van der Waals surface area contributed by atoms with E-state index in [-0.39, 0.29) is 0 Å². The van der Waals surface area contributed by atoms with E-state index in [1.807, 2.05) is 11.4 Å². The van der Waals surface area contributed by atoms with Gasteiger partial charge in [-0.2, -0.15) is 0 Å². The van der Waals surface area contributed by atoms with E-state index in [2.05, 4.69) is 10.6 Å². The number of fused-ring (bicyclic) bond motifs is 1. The number of carboxylic acid groups (broad SMARTS) is 1. The van der Waals surface area contributed by atoms with Gasteiger partial charge >= 0.3 is 5.97 Å². The molecule has 3 N–H and O–H groups in total. The Hall–Kier alpha value is -1.07. The first-order valence-corrected chi connectivity index (χ1v) is 4.44. The van der Waals surface area contributed by atoms with Crippen LogP contribution in [-0.4, -0.2) is 17.7 Å². The fraction of sp³-hybridized carbons (Fsp3) is 0.286. The van der Waals surface area contributed by atoms with E-state index < -0.39 is 12.0 Å². The second kappa shape index (κ2) is 2.76. The maximum absolute atomic E-state index is 10.7. The van der Waals surface area contributed by atoms with Crippen molar-refractivity contribution in [3.05, 3.63) is 17.0 Å². The summed E-state index contributed by atoms with van der Waals surface area (Å²) in [4.78, 5) is 10.7. The highest BCUT2D eigenvalue weighted by Gasteiger charge is 2.25. The van der Waals surface area contributed by atoms with Gasteiger partial charge in [0.05, 0.1) is 11.7 Å². The van der Waals surface area contributed by atoms with Gasteiger partial charge < -0.3 is 10.4 Å². The van der Waals surface area contributed by atoms with Crippen molar-refractivity contribution < 1.29 is 9.90 Å². The predicted octanol–water partition coefficient (Wildman–Crippen LogP) is 0.846. The third-order valence-corrected chi connectivity index (χ3v) is 2.70. The first kappa shape index (κ1) is 7.57. The summed E-state index contributed by atoms with van der Waals surface area (Å²) in [7, 11) is 0. The van der Waals surface area contributed by atoms with Crippen LogP contribution in [0.5, 0.6) is 0 Å². The fourth-order valence-corrected chi connectivity index (χ4v) is 2.08. The van der Waals surface area contributed by atoms with Crippen molar-refractivity contribution in [2.24, 2.45) is 0 Å². The summed E-state index contributed by atoms with van der Waals surface area (Å²) in [5.74, 6) is -0.823. The minimum Gasteiger partial charge on any atom is -0.480 e. The summed E-state index contributed by atoms with van der Waals surface area (Å²) in [5, 5.41) is 17.6. The minimum absolute atomic E-state index is 0.518. The van der Waals surface area contributed by atoms with Gasteiger partial charge in [-0.25, -0.2) is 0 Å². The Morgan fingerprint density at radius 1 is 1.75 bits per heavy atom. The molecule has 1 atom stereocenters. The molecule has 1 unspecified atom stereocenters. The highest BCUT2D eigenvalue weighted by atomic mass is 32.1. The van der Waals surface area contributed by atoms with Crippen LogP contribution in [0.1, 0.15) is 11.6 Å². The van der Waals surface area contributed by atoms with E-state index in [9.17, 15) is 4.79 Å². The molecule has 1 aromatic rings. The smallest absolute Gasteiger partial charge is 0.325 e. The van der Waals surface area contributed by atoms with Gasteiger partial charge in [0.15, 0.2) is 0 Å². The molecule has 5 heteroatoms. The molecule has 0 saturated carbocycles. The number of aliphatic carboxylic acids is 1. The van der Waals surface area contributed by atoms with E-state index in [0.29, 0.717) is 6.67 Å². The zero-order valence-electron chi connectivity index (χ0n) is 6.20. The molecule has 4 nitrogen and oxygen atoms in total. The highest BCUT2D eigenvalue weighted by molar-refractivity contribution is 7.14.